The van der Waals surface area contributed by atoms with Crippen LogP contribution >= 0.6 is 15.9 Å². The molecule has 2 N–H and O–H groups in total. The minimum absolute atomic E-state index is 0.00839. The van der Waals surface area contributed by atoms with Crippen LogP contribution in [-0.2, 0) is 7.05 Å². The molecule has 0 fully saturated rings. The summed E-state index contributed by atoms with van der Waals surface area (Å²) >= 11 is 3.38. The van der Waals surface area contributed by atoms with Gasteiger partial charge in [0.1, 0.15) is 11.6 Å². The van der Waals surface area contributed by atoms with Crippen LogP contribution in [0.5, 0.6) is 17.4 Å². The molecule has 0 aliphatic carbocycles. The van der Waals surface area contributed by atoms with Crippen molar-refractivity contribution in [1.29, 1.82) is 10.7 Å². The van der Waals surface area contributed by atoms with E-state index in [1.54, 1.807) is 23.9 Å². The summed E-state index contributed by atoms with van der Waals surface area (Å²) in [6.45, 7) is 2.21. The van der Waals surface area contributed by atoms with Crippen molar-refractivity contribution >= 4 is 21.8 Å². The molecule has 0 radical (unpaired) electrons. The van der Waals surface area contributed by atoms with Crippen LogP contribution in [0.4, 0.5) is 0 Å². The number of aromatic nitrogens is 2. The molecule has 2 heterocycles. The van der Waals surface area contributed by atoms with Crippen molar-refractivity contribution in [2.24, 2.45) is 13.0 Å². The third-order valence-corrected chi connectivity index (χ3v) is 5.66. The summed E-state index contributed by atoms with van der Waals surface area (Å²) in [5, 5.41) is 33.2. The highest BCUT2D eigenvalue weighted by Gasteiger charge is 2.42. The molecule has 3 aromatic rings. The Morgan fingerprint density at radius 2 is 2.07 bits per heavy atom. The van der Waals surface area contributed by atoms with Crippen molar-refractivity contribution in [3.8, 4) is 34.7 Å². The van der Waals surface area contributed by atoms with Crippen molar-refractivity contribution in [2.45, 2.75) is 12.8 Å². The number of nitrogens with zero attached hydrogens (tertiary/aromatic N) is 3. The first-order valence-electron chi connectivity index (χ1n) is 9.39. The lowest BCUT2D eigenvalue weighted by molar-refractivity contribution is 0.316. The van der Waals surface area contributed by atoms with E-state index in [2.05, 4.69) is 27.1 Å². The second-order valence-electron chi connectivity index (χ2n) is 6.89. The van der Waals surface area contributed by atoms with Gasteiger partial charge in [0, 0.05) is 18.5 Å². The van der Waals surface area contributed by atoms with Crippen LogP contribution in [0.1, 0.15) is 24.0 Å². The van der Waals surface area contributed by atoms with Gasteiger partial charge in [-0.05, 0) is 40.5 Å². The first-order valence-corrected chi connectivity index (χ1v) is 10.2. The molecule has 0 spiro atoms. The second-order valence-corrected chi connectivity index (χ2v) is 7.74. The number of halogens is 1. The van der Waals surface area contributed by atoms with Crippen LogP contribution in [0.2, 0.25) is 0 Å². The van der Waals surface area contributed by atoms with Gasteiger partial charge in [-0.3, -0.25) is 5.41 Å². The molecule has 1 aromatic heterocycles. The predicted molar refractivity (Wildman–Crippen MR) is 115 cm³/mol. The van der Waals surface area contributed by atoms with Crippen LogP contribution in [0.25, 0.3) is 11.3 Å². The first kappa shape index (κ1) is 20.0. The summed E-state index contributed by atoms with van der Waals surface area (Å²) in [4.78, 5) is 0. The highest BCUT2D eigenvalue weighted by atomic mass is 79.9. The Balaban J connectivity index is 1.99. The zero-order chi connectivity index (χ0) is 21.4. The maximum Gasteiger partial charge on any atom is 0.223 e. The van der Waals surface area contributed by atoms with Crippen molar-refractivity contribution in [3.63, 3.8) is 0 Å². The Bertz CT molecular complexity index is 1170. The monoisotopic (exact) mass is 466 g/mol. The lowest BCUT2D eigenvalue weighted by atomic mass is 9.78. The largest absolute Gasteiger partial charge is 0.503 e. The van der Waals surface area contributed by atoms with Crippen molar-refractivity contribution in [1.82, 2.24) is 9.78 Å². The fraction of sp³-hybridized carbons (Fsp3) is 0.227. The third kappa shape index (κ3) is 3.21. The SMILES string of the molecule is CCOc1cc(C2c3c(-c4ccccc4)nn(C)c3OC(=N)C2C#N)cc(Br)c1O. The van der Waals surface area contributed by atoms with Crippen LogP contribution < -0.4 is 9.47 Å². The highest BCUT2D eigenvalue weighted by Crippen LogP contribution is 2.49. The van der Waals surface area contributed by atoms with Gasteiger partial charge in [0.25, 0.3) is 0 Å². The van der Waals surface area contributed by atoms with Gasteiger partial charge in [-0.15, -0.1) is 0 Å². The molecule has 0 saturated carbocycles. The Morgan fingerprint density at radius 1 is 1.33 bits per heavy atom. The number of ether oxygens (including phenoxy) is 2. The summed E-state index contributed by atoms with van der Waals surface area (Å²) in [6.07, 6.45) is 0. The molecule has 1 aliphatic heterocycles. The molecule has 4 rings (SSSR count). The smallest absolute Gasteiger partial charge is 0.223 e. The predicted octanol–water partition coefficient (Wildman–Crippen LogP) is 4.60. The number of phenolic OH excluding ortho intramolecular Hbond substituents is 1. The summed E-state index contributed by atoms with van der Waals surface area (Å²) in [7, 11) is 1.75. The fourth-order valence-electron chi connectivity index (χ4n) is 3.75. The number of benzene rings is 2. The topological polar surface area (TPSA) is 104 Å². The number of nitriles is 1. The molecule has 30 heavy (non-hydrogen) atoms. The van der Waals surface area contributed by atoms with Crippen molar-refractivity contribution in [3.05, 3.63) is 58.1 Å². The molecule has 0 bridgehead atoms. The molecule has 0 amide bonds. The second kappa shape index (κ2) is 7.84. The number of fused-ring (bicyclic) bond motifs is 1. The molecule has 2 aromatic carbocycles. The molecule has 1 aliphatic rings. The number of nitrogens with one attached hydrogen (secondary N) is 1. The van der Waals surface area contributed by atoms with Crippen LogP contribution in [0.3, 0.4) is 0 Å². The van der Waals surface area contributed by atoms with E-state index in [-0.39, 0.29) is 11.6 Å². The molecule has 2 unspecified atom stereocenters. The number of rotatable bonds is 4. The zero-order valence-electron chi connectivity index (χ0n) is 16.4. The average Bonchev–Trinajstić information content (AvgIpc) is 3.07. The van der Waals surface area contributed by atoms with E-state index in [1.165, 1.54) is 0 Å². The van der Waals surface area contributed by atoms with Gasteiger partial charge < -0.3 is 14.6 Å². The average molecular weight is 467 g/mol. The zero-order valence-corrected chi connectivity index (χ0v) is 18.0. The Morgan fingerprint density at radius 3 is 2.73 bits per heavy atom. The molecule has 152 valence electrons. The van der Waals surface area contributed by atoms with E-state index in [4.69, 9.17) is 14.9 Å². The summed E-state index contributed by atoms with van der Waals surface area (Å²) < 4.78 is 13.3. The maximum atomic E-state index is 10.3. The molecular formula is C22H19BrN4O3. The Kier molecular flexibility index (Phi) is 5.22. The van der Waals surface area contributed by atoms with Crippen LogP contribution in [0.15, 0.2) is 46.9 Å². The van der Waals surface area contributed by atoms with E-state index >= 15 is 0 Å². The lowest BCUT2D eigenvalue weighted by Gasteiger charge is -2.29. The van der Waals surface area contributed by atoms with Gasteiger partial charge in [0.05, 0.1) is 22.7 Å². The summed E-state index contributed by atoms with van der Waals surface area (Å²) in [5.41, 5.74) is 3.02. The molecule has 8 heteroatoms. The van der Waals surface area contributed by atoms with Gasteiger partial charge in [0.2, 0.25) is 11.8 Å². The molecule has 0 saturated heterocycles. The van der Waals surface area contributed by atoms with Gasteiger partial charge >= 0.3 is 0 Å². The van der Waals surface area contributed by atoms with Crippen LogP contribution in [0, 0.1) is 22.7 Å². The molecule has 7 nitrogen and oxygen atoms in total. The lowest BCUT2D eigenvalue weighted by Crippen LogP contribution is -2.31. The van der Waals surface area contributed by atoms with E-state index in [1.807, 2.05) is 37.3 Å². The van der Waals surface area contributed by atoms with E-state index in [0.29, 0.717) is 34.0 Å². The van der Waals surface area contributed by atoms with Gasteiger partial charge in [0.15, 0.2) is 11.5 Å². The number of hydrogen-bond donors (Lipinski definition) is 2. The summed E-state index contributed by atoms with van der Waals surface area (Å²) in [6, 6.07) is 15.3. The van der Waals surface area contributed by atoms with Crippen molar-refractivity contribution in [2.75, 3.05) is 6.61 Å². The normalized spacial score (nSPS) is 17.7. The van der Waals surface area contributed by atoms with Gasteiger partial charge in [-0.25, -0.2) is 4.68 Å². The minimum atomic E-state index is -0.852. The van der Waals surface area contributed by atoms with Crippen molar-refractivity contribution < 1.29 is 14.6 Å². The molecular weight excluding hydrogens is 448 g/mol. The van der Waals surface area contributed by atoms with E-state index < -0.39 is 11.8 Å². The number of hydrogen-bond acceptors (Lipinski definition) is 6. The maximum absolute atomic E-state index is 10.3. The highest BCUT2D eigenvalue weighted by molar-refractivity contribution is 9.10. The first-order chi connectivity index (χ1) is 14.5. The summed E-state index contributed by atoms with van der Waals surface area (Å²) in [5.74, 6) is -0.784. The molecule has 2 atom stereocenters. The van der Waals surface area contributed by atoms with E-state index in [0.717, 1.165) is 11.1 Å². The number of phenols is 1. The van der Waals surface area contributed by atoms with Gasteiger partial charge in [-0.2, -0.15) is 10.4 Å². The number of aromatic hydroxyl groups is 1. The Hall–Kier alpha value is -3.31. The quantitative estimate of drug-likeness (QED) is 0.584. The number of aryl methyl sites for hydroxylation is 1. The van der Waals surface area contributed by atoms with E-state index in [9.17, 15) is 10.4 Å². The van der Waals surface area contributed by atoms with Gasteiger partial charge in [-0.1, -0.05) is 30.3 Å². The third-order valence-electron chi connectivity index (χ3n) is 5.06. The Labute approximate surface area is 182 Å². The standard InChI is InChI=1S/C22H19BrN4O3/c1-3-29-16-10-13(9-15(23)20(16)28)17-14(11-24)21(25)30-22-18(17)19(26-27(22)2)12-7-5-4-6-8-12/h4-10,14,17,25,28H,3H2,1-2H3. The minimum Gasteiger partial charge on any atom is -0.503 e. The fourth-order valence-corrected chi connectivity index (χ4v) is 4.21. The van der Waals surface area contributed by atoms with Crippen LogP contribution in [-0.4, -0.2) is 27.4 Å².